The molecule has 0 aliphatic rings. The molecule has 0 aliphatic carbocycles. The van der Waals surface area contributed by atoms with E-state index in [0.717, 1.165) is 23.5 Å². The first kappa shape index (κ1) is 18.6. The van der Waals surface area contributed by atoms with Crippen molar-refractivity contribution >= 4 is 17.0 Å². The summed E-state index contributed by atoms with van der Waals surface area (Å²) in [5, 5.41) is 32.2. The van der Waals surface area contributed by atoms with Crippen LogP contribution in [-0.2, 0) is 6.18 Å². The average molecular weight is 397 g/mol. The van der Waals surface area contributed by atoms with E-state index in [-0.39, 0.29) is 17.0 Å². The topological polar surface area (TPSA) is 109 Å². The number of phenols is 2. The van der Waals surface area contributed by atoms with E-state index in [4.69, 9.17) is 0 Å². The molecule has 0 bridgehead atoms. The number of alkyl halides is 3. The standard InChI is InChI=1S/C16H10F3N3O4S/c1-7-8(3-5-12(20-7)16(17,18)19)15-21-10(6-27-15)9-2-4-11(23)14(24)13(9)22(25)26/h2-6,23-24H,1H3. The first-order valence-electron chi connectivity index (χ1n) is 7.30. The predicted octanol–water partition coefficient (Wildman–Crippen LogP) is 4.52. The van der Waals surface area contributed by atoms with Gasteiger partial charge in [-0.3, -0.25) is 10.1 Å². The summed E-state index contributed by atoms with van der Waals surface area (Å²) in [6.45, 7) is 1.40. The lowest BCUT2D eigenvalue weighted by Crippen LogP contribution is -2.08. The summed E-state index contributed by atoms with van der Waals surface area (Å²) in [7, 11) is 0. The maximum absolute atomic E-state index is 12.7. The normalized spacial score (nSPS) is 11.6. The van der Waals surface area contributed by atoms with Crippen LogP contribution in [0, 0.1) is 17.0 Å². The van der Waals surface area contributed by atoms with Crippen LogP contribution in [0.1, 0.15) is 11.4 Å². The monoisotopic (exact) mass is 397 g/mol. The molecule has 3 aromatic rings. The number of benzene rings is 1. The van der Waals surface area contributed by atoms with Gasteiger partial charge in [-0.25, -0.2) is 9.97 Å². The fourth-order valence-electron chi connectivity index (χ4n) is 2.43. The summed E-state index contributed by atoms with van der Waals surface area (Å²) in [5.74, 6) is -1.54. The highest BCUT2D eigenvalue weighted by atomic mass is 32.1. The van der Waals surface area contributed by atoms with E-state index in [0.29, 0.717) is 10.6 Å². The lowest BCUT2D eigenvalue weighted by molar-refractivity contribution is -0.385. The van der Waals surface area contributed by atoms with E-state index in [9.17, 15) is 33.5 Å². The molecule has 0 saturated carbocycles. The molecule has 0 fully saturated rings. The smallest absolute Gasteiger partial charge is 0.433 e. The number of aryl methyl sites for hydroxylation is 1. The first-order chi connectivity index (χ1) is 12.6. The average Bonchev–Trinajstić information content (AvgIpc) is 3.05. The molecule has 2 heterocycles. The molecule has 7 nitrogen and oxygen atoms in total. The molecular formula is C16H10F3N3O4S. The number of nitro groups is 1. The summed E-state index contributed by atoms with van der Waals surface area (Å²) in [5.41, 5.74) is -1.18. The second kappa shape index (κ2) is 6.50. The Labute approximate surface area is 153 Å². The van der Waals surface area contributed by atoms with Crippen molar-refractivity contribution in [2.75, 3.05) is 0 Å². The number of thiazole rings is 1. The van der Waals surface area contributed by atoms with Gasteiger partial charge in [-0.1, -0.05) is 0 Å². The van der Waals surface area contributed by atoms with Crippen molar-refractivity contribution in [2.45, 2.75) is 13.1 Å². The number of hydrogen-bond donors (Lipinski definition) is 2. The molecule has 1 aromatic carbocycles. The van der Waals surface area contributed by atoms with Gasteiger partial charge >= 0.3 is 11.9 Å². The minimum Gasteiger partial charge on any atom is -0.504 e. The van der Waals surface area contributed by atoms with Gasteiger partial charge in [0, 0.05) is 16.6 Å². The van der Waals surface area contributed by atoms with Crippen LogP contribution in [0.4, 0.5) is 18.9 Å². The molecule has 2 aromatic heterocycles. The van der Waals surface area contributed by atoms with Crippen LogP contribution in [0.2, 0.25) is 0 Å². The maximum atomic E-state index is 12.7. The lowest BCUT2D eigenvalue weighted by Gasteiger charge is -2.08. The van der Waals surface area contributed by atoms with Crippen LogP contribution in [0.15, 0.2) is 29.6 Å². The maximum Gasteiger partial charge on any atom is 0.433 e. The van der Waals surface area contributed by atoms with Gasteiger partial charge in [0.2, 0.25) is 5.75 Å². The Morgan fingerprint density at radius 3 is 2.37 bits per heavy atom. The molecule has 140 valence electrons. The first-order valence-corrected chi connectivity index (χ1v) is 8.18. The van der Waals surface area contributed by atoms with E-state index in [2.05, 4.69) is 9.97 Å². The Morgan fingerprint density at radius 1 is 1.11 bits per heavy atom. The highest BCUT2D eigenvalue weighted by molar-refractivity contribution is 7.13. The fraction of sp³-hybridized carbons (Fsp3) is 0.125. The van der Waals surface area contributed by atoms with Crippen molar-refractivity contribution in [1.82, 2.24) is 9.97 Å². The molecule has 2 N–H and O–H groups in total. The van der Waals surface area contributed by atoms with E-state index < -0.39 is 34.0 Å². The van der Waals surface area contributed by atoms with Gasteiger partial charge in [-0.15, -0.1) is 11.3 Å². The number of aromatic hydroxyl groups is 2. The van der Waals surface area contributed by atoms with E-state index >= 15 is 0 Å². The molecule has 0 amide bonds. The number of nitrogens with zero attached hydrogens (tertiary/aromatic N) is 3. The Hall–Kier alpha value is -3.21. The van der Waals surface area contributed by atoms with Crippen molar-refractivity contribution in [3.05, 3.63) is 51.1 Å². The van der Waals surface area contributed by atoms with Gasteiger partial charge in [-0.2, -0.15) is 13.2 Å². The summed E-state index contributed by atoms with van der Waals surface area (Å²) < 4.78 is 38.2. The predicted molar refractivity (Wildman–Crippen MR) is 90.5 cm³/mol. The third-order valence-electron chi connectivity index (χ3n) is 3.70. The highest BCUT2D eigenvalue weighted by Crippen LogP contribution is 2.43. The Balaban J connectivity index is 2.07. The van der Waals surface area contributed by atoms with Crippen LogP contribution in [0.25, 0.3) is 21.8 Å². The molecular weight excluding hydrogens is 387 g/mol. The van der Waals surface area contributed by atoms with Crippen LogP contribution >= 0.6 is 11.3 Å². The third-order valence-corrected chi connectivity index (χ3v) is 4.57. The zero-order chi connectivity index (χ0) is 19.9. The molecule has 0 radical (unpaired) electrons. The minimum atomic E-state index is -4.57. The SMILES string of the molecule is Cc1nc(C(F)(F)F)ccc1-c1nc(-c2ccc(O)c(O)c2[N+](=O)[O-])cs1. The molecule has 0 spiro atoms. The molecule has 0 atom stereocenters. The summed E-state index contributed by atoms with van der Waals surface area (Å²) in [6, 6.07) is 4.38. The van der Waals surface area contributed by atoms with Crippen molar-refractivity contribution in [3.8, 4) is 33.3 Å². The van der Waals surface area contributed by atoms with Gasteiger partial charge in [0.15, 0.2) is 5.75 Å². The largest absolute Gasteiger partial charge is 0.504 e. The zero-order valence-electron chi connectivity index (χ0n) is 13.5. The van der Waals surface area contributed by atoms with Gasteiger partial charge < -0.3 is 10.2 Å². The minimum absolute atomic E-state index is 0.0321. The quantitative estimate of drug-likeness (QED) is 0.382. The van der Waals surface area contributed by atoms with E-state index in [1.54, 1.807) is 0 Å². The number of halogens is 3. The fourth-order valence-corrected chi connectivity index (χ4v) is 3.32. The van der Waals surface area contributed by atoms with Crippen molar-refractivity contribution < 1.29 is 28.3 Å². The van der Waals surface area contributed by atoms with Gasteiger partial charge in [0.05, 0.1) is 16.2 Å². The van der Waals surface area contributed by atoms with Gasteiger partial charge in [-0.05, 0) is 31.2 Å². The summed E-state index contributed by atoms with van der Waals surface area (Å²) >= 11 is 1.06. The molecule has 27 heavy (non-hydrogen) atoms. The third kappa shape index (κ3) is 3.40. The van der Waals surface area contributed by atoms with Crippen LogP contribution < -0.4 is 0 Å². The lowest BCUT2D eigenvalue weighted by atomic mass is 10.1. The number of rotatable bonds is 3. The molecule has 11 heteroatoms. The molecule has 0 aliphatic heterocycles. The number of phenolic OH excluding ortho intramolecular Hbond substituents is 2. The number of pyridine rings is 1. The Kier molecular flexibility index (Phi) is 4.47. The van der Waals surface area contributed by atoms with Crippen molar-refractivity contribution in [3.63, 3.8) is 0 Å². The number of aromatic nitrogens is 2. The summed E-state index contributed by atoms with van der Waals surface area (Å²) in [6.07, 6.45) is -4.57. The van der Waals surface area contributed by atoms with Gasteiger partial charge in [0.25, 0.3) is 0 Å². The second-order valence-electron chi connectivity index (χ2n) is 5.45. The number of hydrogen-bond acceptors (Lipinski definition) is 7. The highest BCUT2D eigenvalue weighted by Gasteiger charge is 2.33. The van der Waals surface area contributed by atoms with Crippen LogP contribution in [-0.4, -0.2) is 25.1 Å². The zero-order valence-corrected chi connectivity index (χ0v) is 14.3. The van der Waals surface area contributed by atoms with Crippen molar-refractivity contribution in [1.29, 1.82) is 0 Å². The van der Waals surface area contributed by atoms with Crippen molar-refractivity contribution in [2.24, 2.45) is 0 Å². The van der Waals surface area contributed by atoms with Crippen LogP contribution in [0.5, 0.6) is 11.5 Å². The molecule has 0 unspecified atom stereocenters. The number of nitro benzene ring substituents is 1. The molecule has 3 rings (SSSR count). The Morgan fingerprint density at radius 2 is 1.78 bits per heavy atom. The van der Waals surface area contributed by atoms with Gasteiger partial charge in [0.1, 0.15) is 10.7 Å². The second-order valence-corrected chi connectivity index (χ2v) is 6.31. The van der Waals surface area contributed by atoms with E-state index in [1.807, 2.05) is 0 Å². The summed E-state index contributed by atoms with van der Waals surface area (Å²) in [4.78, 5) is 18.1. The van der Waals surface area contributed by atoms with Crippen LogP contribution in [0.3, 0.4) is 0 Å². The Bertz CT molecular complexity index is 1050. The molecule has 0 saturated heterocycles. The van der Waals surface area contributed by atoms with E-state index in [1.165, 1.54) is 24.4 Å².